The molecule has 2 heterocycles. The van der Waals surface area contributed by atoms with E-state index in [2.05, 4.69) is 130 Å². The summed E-state index contributed by atoms with van der Waals surface area (Å²) in [5.41, 5.74) is 13.6. The Morgan fingerprint density at radius 1 is 0.488 bits per heavy atom. The highest BCUT2D eigenvalue weighted by atomic mass is 35.5. The van der Waals surface area contributed by atoms with Crippen molar-refractivity contribution < 1.29 is 0 Å². The highest BCUT2D eigenvalue weighted by molar-refractivity contribution is 7.00. The molecule has 0 radical (unpaired) electrons. The van der Waals surface area contributed by atoms with Gasteiger partial charge in [0.15, 0.2) is 0 Å². The fraction of sp³-hybridized carbons (Fsp3) is 0.211. The van der Waals surface area contributed by atoms with E-state index in [4.69, 9.17) is 23.2 Å². The third kappa shape index (κ3) is 4.65. The summed E-state index contributed by atoms with van der Waals surface area (Å²) >= 11 is 12.8. The van der Waals surface area contributed by atoms with E-state index in [9.17, 15) is 0 Å². The van der Waals surface area contributed by atoms with E-state index in [0.717, 1.165) is 21.4 Å². The van der Waals surface area contributed by atoms with E-state index in [1.54, 1.807) is 0 Å². The van der Waals surface area contributed by atoms with E-state index in [1.807, 2.05) is 24.3 Å². The first kappa shape index (κ1) is 28.1. The van der Waals surface area contributed by atoms with Gasteiger partial charge >= 0.3 is 0 Å². The molecule has 2 aliphatic rings. The molecule has 0 fully saturated rings. The third-order valence-corrected chi connectivity index (χ3v) is 9.40. The average molecular weight is 601 g/mol. The van der Waals surface area contributed by atoms with Gasteiger partial charge in [-0.15, -0.1) is 0 Å². The van der Waals surface area contributed by atoms with Crippen LogP contribution in [0.5, 0.6) is 0 Å². The molecule has 0 amide bonds. The minimum atomic E-state index is 0.0120. The lowest BCUT2D eigenvalue weighted by molar-refractivity contribution is 0.590. The molecule has 0 bridgehead atoms. The van der Waals surface area contributed by atoms with Gasteiger partial charge in [-0.2, -0.15) is 0 Å². The molecule has 214 valence electrons. The average Bonchev–Trinajstić information content (AvgIpc) is 2.97. The predicted octanol–water partition coefficient (Wildman–Crippen LogP) is 9.67. The molecule has 0 aromatic heterocycles. The number of halogens is 2. The van der Waals surface area contributed by atoms with Gasteiger partial charge in [0.1, 0.15) is 0 Å². The summed E-state index contributed by atoms with van der Waals surface area (Å²) in [7, 11) is 0. The first-order valence-corrected chi connectivity index (χ1v) is 15.7. The Kier molecular flexibility index (Phi) is 6.50. The summed E-state index contributed by atoms with van der Waals surface area (Å²) in [6.07, 6.45) is 0. The molecule has 5 aromatic rings. The van der Waals surface area contributed by atoms with E-state index >= 15 is 0 Å². The van der Waals surface area contributed by atoms with Gasteiger partial charge in [0.2, 0.25) is 0 Å². The molecule has 0 saturated carbocycles. The summed E-state index contributed by atoms with van der Waals surface area (Å²) < 4.78 is 0. The zero-order chi connectivity index (χ0) is 30.3. The van der Waals surface area contributed by atoms with Crippen molar-refractivity contribution in [1.82, 2.24) is 0 Å². The number of hydrogen-bond acceptors (Lipinski definition) is 2. The smallest absolute Gasteiger partial charge is 0.252 e. The van der Waals surface area contributed by atoms with E-state index in [-0.39, 0.29) is 17.5 Å². The molecule has 2 aliphatic heterocycles. The number of hydrogen-bond donors (Lipinski definition) is 0. The van der Waals surface area contributed by atoms with Crippen LogP contribution in [0.2, 0.25) is 10.0 Å². The van der Waals surface area contributed by atoms with E-state index < -0.39 is 0 Å². The van der Waals surface area contributed by atoms with Crippen molar-refractivity contribution in [3.8, 4) is 0 Å². The van der Waals surface area contributed by atoms with Crippen LogP contribution in [0.3, 0.4) is 0 Å². The van der Waals surface area contributed by atoms with Crippen molar-refractivity contribution in [2.45, 2.75) is 52.4 Å². The molecule has 7 rings (SSSR count). The Balaban J connectivity index is 1.58. The second-order valence-electron chi connectivity index (χ2n) is 13.8. The van der Waals surface area contributed by atoms with Gasteiger partial charge in [0, 0.05) is 44.2 Å². The van der Waals surface area contributed by atoms with Crippen LogP contribution in [-0.4, -0.2) is 6.71 Å². The normalized spacial score (nSPS) is 13.9. The van der Waals surface area contributed by atoms with Gasteiger partial charge < -0.3 is 9.80 Å². The molecule has 0 saturated heterocycles. The SMILES string of the molecule is CC(C)(C)c1ccc2c(c1)B1c3ccc(C(C)(C)C)cc3N(c3ccc(Cl)cc3)c3cccc(c31)N2c1ccc(Cl)cc1. The number of fused-ring (bicyclic) bond motifs is 4. The van der Waals surface area contributed by atoms with Crippen LogP contribution in [0.25, 0.3) is 0 Å². The minimum Gasteiger partial charge on any atom is -0.311 e. The molecule has 0 unspecified atom stereocenters. The molecule has 5 aromatic carbocycles. The molecule has 43 heavy (non-hydrogen) atoms. The van der Waals surface area contributed by atoms with Crippen molar-refractivity contribution in [1.29, 1.82) is 0 Å². The van der Waals surface area contributed by atoms with Crippen LogP contribution in [0.15, 0.2) is 103 Å². The topological polar surface area (TPSA) is 6.48 Å². The van der Waals surface area contributed by atoms with Crippen molar-refractivity contribution >= 4 is 80.4 Å². The maximum Gasteiger partial charge on any atom is 0.252 e. The summed E-state index contributed by atoms with van der Waals surface area (Å²) in [6, 6.07) is 37.3. The van der Waals surface area contributed by atoms with Crippen LogP contribution < -0.4 is 26.2 Å². The molecular formula is C38H35BCl2N2. The van der Waals surface area contributed by atoms with Crippen LogP contribution in [-0.2, 0) is 10.8 Å². The molecule has 0 aliphatic carbocycles. The second-order valence-corrected chi connectivity index (χ2v) is 14.7. The minimum absolute atomic E-state index is 0.0120. The Morgan fingerprint density at radius 3 is 1.51 bits per heavy atom. The molecule has 0 N–H and O–H groups in total. The molecule has 2 nitrogen and oxygen atoms in total. The lowest BCUT2D eigenvalue weighted by Gasteiger charge is -2.44. The van der Waals surface area contributed by atoms with Crippen LogP contribution >= 0.6 is 23.2 Å². The van der Waals surface area contributed by atoms with Gasteiger partial charge in [-0.1, -0.05) is 95.1 Å². The van der Waals surface area contributed by atoms with Gasteiger partial charge in [-0.05, 0) is 111 Å². The Labute approximate surface area is 266 Å². The van der Waals surface area contributed by atoms with Gasteiger partial charge in [0.25, 0.3) is 6.71 Å². The fourth-order valence-electron chi connectivity index (χ4n) is 6.61. The van der Waals surface area contributed by atoms with Crippen molar-refractivity contribution in [3.63, 3.8) is 0 Å². The zero-order valence-electron chi connectivity index (χ0n) is 25.5. The van der Waals surface area contributed by atoms with Crippen LogP contribution in [0, 0.1) is 0 Å². The second kappa shape index (κ2) is 9.94. The Bertz CT molecular complexity index is 1870. The molecule has 0 spiro atoms. The maximum atomic E-state index is 6.39. The van der Waals surface area contributed by atoms with E-state index in [1.165, 1.54) is 50.3 Å². The molecule has 5 heteroatoms. The number of nitrogens with zero attached hydrogens (tertiary/aromatic N) is 2. The van der Waals surface area contributed by atoms with Gasteiger partial charge in [-0.25, -0.2) is 0 Å². The molecule has 0 atom stereocenters. The monoisotopic (exact) mass is 600 g/mol. The summed E-state index contributed by atoms with van der Waals surface area (Å²) in [5, 5.41) is 1.46. The maximum absolute atomic E-state index is 6.39. The summed E-state index contributed by atoms with van der Waals surface area (Å²) in [6.45, 7) is 13.8. The Morgan fingerprint density at radius 2 is 0.977 bits per heavy atom. The standard InChI is InChI=1S/C38H35BCl2N2/c1-37(2,3)24-11-21-32-31(22-24)39-30-20-10-25(38(4,5)6)23-35(30)43(29-18-14-27(41)15-19-29)34-9-7-8-33(36(34)39)42(32)28-16-12-26(40)13-17-28/h7-23H,1-6H3. The predicted molar refractivity (Wildman–Crippen MR) is 188 cm³/mol. The Hall–Kier alpha value is -3.66. The largest absolute Gasteiger partial charge is 0.311 e. The van der Waals surface area contributed by atoms with Gasteiger partial charge in [-0.3, -0.25) is 0 Å². The van der Waals surface area contributed by atoms with Gasteiger partial charge in [0.05, 0.1) is 0 Å². The lowest BCUT2D eigenvalue weighted by atomic mass is 9.33. The number of anilines is 6. The van der Waals surface area contributed by atoms with Crippen molar-refractivity contribution in [3.05, 3.63) is 124 Å². The van der Waals surface area contributed by atoms with Crippen molar-refractivity contribution in [2.75, 3.05) is 9.80 Å². The number of rotatable bonds is 2. The number of benzene rings is 5. The highest BCUT2D eigenvalue weighted by Crippen LogP contribution is 2.45. The summed E-state index contributed by atoms with van der Waals surface area (Å²) in [5.74, 6) is 0. The van der Waals surface area contributed by atoms with Crippen LogP contribution in [0.4, 0.5) is 34.1 Å². The fourth-order valence-corrected chi connectivity index (χ4v) is 6.86. The summed E-state index contributed by atoms with van der Waals surface area (Å²) in [4.78, 5) is 4.83. The first-order valence-electron chi connectivity index (χ1n) is 14.9. The van der Waals surface area contributed by atoms with Crippen molar-refractivity contribution in [2.24, 2.45) is 0 Å². The zero-order valence-corrected chi connectivity index (χ0v) is 27.1. The lowest BCUT2D eigenvalue weighted by Crippen LogP contribution is -2.61. The van der Waals surface area contributed by atoms with E-state index in [0.29, 0.717) is 0 Å². The quantitative estimate of drug-likeness (QED) is 0.182. The third-order valence-electron chi connectivity index (χ3n) is 8.89. The van der Waals surface area contributed by atoms with Crippen LogP contribution in [0.1, 0.15) is 52.7 Å². The first-order chi connectivity index (χ1) is 20.4. The molecular weight excluding hydrogens is 566 g/mol. The highest BCUT2D eigenvalue weighted by Gasteiger charge is 2.43.